The van der Waals surface area contributed by atoms with Gasteiger partial charge in [-0.05, 0) is 31.8 Å². The van der Waals surface area contributed by atoms with Crippen LogP contribution in [0, 0.1) is 0 Å². The molecule has 0 radical (unpaired) electrons. The fourth-order valence-electron chi connectivity index (χ4n) is 1.30. The Morgan fingerprint density at radius 3 is 3.00 bits per heavy atom. The van der Waals surface area contributed by atoms with Crippen LogP contribution in [-0.2, 0) is 4.79 Å². The molecular weight excluding hydrogens is 136 g/mol. The third-order valence-corrected chi connectivity index (χ3v) is 1.94. The van der Waals surface area contributed by atoms with Crippen LogP contribution in [0.1, 0.15) is 32.6 Å². The van der Waals surface area contributed by atoms with Crippen molar-refractivity contribution < 1.29 is 4.79 Å². The van der Waals surface area contributed by atoms with Gasteiger partial charge in [0.05, 0.1) is 0 Å². The molecule has 0 aromatic rings. The van der Waals surface area contributed by atoms with Crippen molar-refractivity contribution in [1.82, 2.24) is 0 Å². The maximum Gasteiger partial charge on any atom is 0.158 e. The van der Waals surface area contributed by atoms with Gasteiger partial charge in [-0.15, -0.1) is 0 Å². The number of Topliss-reactive ketones (excluding diaryl/α,β-unsaturated/α-hetero) is 1. The standard InChI is InChI=1S/C10H14O/c1-2-3-4-6-9-7-5-8-10(9)11/h2-3,7H,4-6,8H2,1H3/b3-2-. The predicted molar refractivity (Wildman–Crippen MR) is 46.4 cm³/mol. The zero-order valence-corrected chi connectivity index (χ0v) is 6.97. The minimum absolute atomic E-state index is 0.356. The van der Waals surface area contributed by atoms with E-state index in [4.69, 9.17) is 0 Å². The molecule has 0 amide bonds. The largest absolute Gasteiger partial charge is 0.295 e. The highest BCUT2D eigenvalue weighted by molar-refractivity contribution is 5.97. The van der Waals surface area contributed by atoms with Crippen LogP contribution in [0.5, 0.6) is 0 Å². The van der Waals surface area contributed by atoms with E-state index in [1.807, 2.05) is 13.0 Å². The molecule has 0 unspecified atom stereocenters. The summed E-state index contributed by atoms with van der Waals surface area (Å²) in [5.74, 6) is 0.356. The lowest BCUT2D eigenvalue weighted by Gasteiger charge is -1.94. The Hall–Kier alpha value is -0.850. The number of ketones is 1. The minimum atomic E-state index is 0.356. The van der Waals surface area contributed by atoms with E-state index in [0.29, 0.717) is 5.78 Å². The Kier molecular flexibility index (Phi) is 3.09. The summed E-state index contributed by atoms with van der Waals surface area (Å²) < 4.78 is 0. The van der Waals surface area contributed by atoms with Gasteiger partial charge in [0.1, 0.15) is 0 Å². The number of allylic oxidation sites excluding steroid dienone is 4. The van der Waals surface area contributed by atoms with Crippen molar-refractivity contribution in [2.24, 2.45) is 0 Å². The first-order chi connectivity index (χ1) is 5.34. The van der Waals surface area contributed by atoms with Crippen LogP contribution in [0.3, 0.4) is 0 Å². The Balaban J connectivity index is 2.31. The molecule has 0 saturated carbocycles. The fraction of sp³-hybridized carbons (Fsp3) is 0.500. The molecule has 0 spiro atoms. The lowest BCUT2D eigenvalue weighted by molar-refractivity contribution is -0.115. The summed E-state index contributed by atoms with van der Waals surface area (Å²) in [5, 5.41) is 0. The van der Waals surface area contributed by atoms with E-state index in [1.165, 1.54) is 0 Å². The van der Waals surface area contributed by atoms with E-state index in [0.717, 1.165) is 31.3 Å². The van der Waals surface area contributed by atoms with Crippen molar-refractivity contribution in [2.45, 2.75) is 32.6 Å². The molecule has 1 nitrogen and oxygen atoms in total. The van der Waals surface area contributed by atoms with Crippen LogP contribution in [0.25, 0.3) is 0 Å². The van der Waals surface area contributed by atoms with Gasteiger partial charge >= 0.3 is 0 Å². The first-order valence-electron chi connectivity index (χ1n) is 4.18. The highest BCUT2D eigenvalue weighted by atomic mass is 16.1. The first-order valence-corrected chi connectivity index (χ1v) is 4.18. The van der Waals surface area contributed by atoms with Crippen LogP contribution in [0.2, 0.25) is 0 Å². The van der Waals surface area contributed by atoms with E-state index in [2.05, 4.69) is 12.2 Å². The second-order valence-electron chi connectivity index (χ2n) is 2.80. The third kappa shape index (κ3) is 2.34. The number of hydrogen-bond acceptors (Lipinski definition) is 1. The van der Waals surface area contributed by atoms with Gasteiger partial charge in [-0.25, -0.2) is 0 Å². The minimum Gasteiger partial charge on any atom is -0.295 e. The molecule has 1 aliphatic carbocycles. The Morgan fingerprint density at radius 2 is 2.45 bits per heavy atom. The smallest absolute Gasteiger partial charge is 0.158 e. The molecule has 1 heteroatoms. The number of carbonyl (C=O) groups excluding carboxylic acids is 1. The van der Waals surface area contributed by atoms with Gasteiger partial charge in [-0.1, -0.05) is 18.2 Å². The monoisotopic (exact) mass is 150 g/mol. The summed E-state index contributed by atoms with van der Waals surface area (Å²) in [4.78, 5) is 11.1. The van der Waals surface area contributed by atoms with Crippen LogP contribution >= 0.6 is 0 Å². The maximum atomic E-state index is 11.1. The molecule has 60 valence electrons. The maximum absolute atomic E-state index is 11.1. The van der Waals surface area contributed by atoms with E-state index >= 15 is 0 Å². The van der Waals surface area contributed by atoms with Crippen LogP contribution < -0.4 is 0 Å². The van der Waals surface area contributed by atoms with Gasteiger partial charge in [0, 0.05) is 6.42 Å². The third-order valence-electron chi connectivity index (χ3n) is 1.94. The highest BCUT2D eigenvalue weighted by Gasteiger charge is 2.12. The van der Waals surface area contributed by atoms with Crippen molar-refractivity contribution in [3.63, 3.8) is 0 Å². The Labute approximate surface area is 67.8 Å². The van der Waals surface area contributed by atoms with Crippen molar-refractivity contribution in [3.05, 3.63) is 23.8 Å². The quantitative estimate of drug-likeness (QED) is 0.565. The molecule has 0 heterocycles. The van der Waals surface area contributed by atoms with E-state index in [-0.39, 0.29) is 0 Å². The normalized spacial score (nSPS) is 17.9. The molecule has 0 fully saturated rings. The lowest BCUT2D eigenvalue weighted by atomic mass is 10.1. The molecule has 0 aromatic heterocycles. The van der Waals surface area contributed by atoms with E-state index in [1.54, 1.807) is 0 Å². The number of hydrogen-bond donors (Lipinski definition) is 0. The molecule has 0 bridgehead atoms. The molecule has 1 aliphatic rings. The van der Waals surface area contributed by atoms with E-state index < -0.39 is 0 Å². The molecule has 1 rings (SSSR count). The topological polar surface area (TPSA) is 17.1 Å². The average Bonchev–Trinajstić information content (AvgIpc) is 2.37. The predicted octanol–water partition coefficient (Wildman–Crippen LogP) is 2.63. The summed E-state index contributed by atoms with van der Waals surface area (Å²) in [6.45, 7) is 2.00. The number of carbonyl (C=O) groups is 1. The number of rotatable bonds is 3. The molecular formula is C10H14O. The molecule has 0 atom stereocenters. The highest BCUT2D eigenvalue weighted by Crippen LogP contribution is 2.18. The molecule has 0 aliphatic heterocycles. The Morgan fingerprint density at radius 1 is 1.64 bits per heavy atom. The zero-order valence-electron chi connectivity index (χ0n) is 6.97. The first kappa shape index (κ1) is 8.25. The van der Waals surface area contributed by atoms with Gasteiger partial charge in [0.2, 0.25) is 0 Å². The summed E-state index contributed by atoms with van der Waals surface area (Å²) in [6, 6.07) is 0. The second-order valence-corrected chi connectivity index (χ2v) is 2.80. The molecule has 0 saturated heterocycles. The Bertz CT molecular complexity index is 199. The van der Waals surface area contributed by atoms with Crippen molar-refractivity contribution in [2.75, 3.05) is 0 Å². The van der Waals surface area contributed by atoms with Crippen molar-refractivity contribution in [1.29, 1.82) is 0 Å². The van der Waals surface area contributed by atoms with Gasteiger partial charge in [-0.2, -0.15) is 0 Å². The fourth-order valence-corrected chi connectivity index (χ4v) is 1.30. The molecule has 11 heavy (non-hydrogen) atoms. The summed E-state index contributed by atoms with van der Waals surface area (Å²) in [6.07, 6.45) is 9.85. The van der Waals surface area contributed by atoms with Crippen LogP contribution in [0.15, 0.2) is 23.8 Å². The van der Waals surface area contributed by atoms with Gasteiger partial charge in [0.15, 0.2) is 5.78 Å². The summed E-state index contributed by atoms with van der Waals surface area (Å²) in [5.41, 5.74) is 1.04. The van der Waals surface area contributed by atoms with E-state index in [9.17, 15) is 4.79 Å². The lowest BCUT2D eigenvalue weighted by Crippen LogP contribution is -1.94. The van der Waals surface area contributed by atoms with Gasteiger partial charge in [-0.3, -0.25) is 4.79 Å². The van der Waals surface area contributed by atoms with Gasteiger partial charge in [0.25, 0.3) is 0 Å². The SMILES string of the molecule is C/C=C\CCC1=CCCC1=O. The average molecular weight is 150 g/mol. The summed E-state index contributed by atoms with van der Waals surface area (Å²) >= 11 is 0. The second kappa shape index (κ2) is 4.12. The van der Waals surface area contributed by atoms with Crippen LogP contribution in [0.4, 0.5) is 0 Å². The van der Waals surface area contributed by atoms with Gasteiger partial charge < -0.3 is 0 Å². The molecule has 0 aromatic carbocycles. The summed E-state index contributed by atoms with van der Waals surface area (Å²) in [7, 11) is 0. The van der Waals surface area contributed by atoms with Crippen molar-refractivity contribution >= 4 is 5.78 Å². The van der Waals surface area contributed by atoms with Crippen LogP contribution in [-0.4, -0.2) is 5.78 Å². The zero-order chi connectivity index (χ0) is 8.10. The molecule has 0 N–H and O–H groups in total. The van der Waals surface area contributed by atoms with Crippen molar-refractivity contribution in [3.8, 4) is 0 Å².